The molecule has 9 heteroatoms. The molecule has 1 saturated heterocycles. The maximum absolute atomic E-state index is 12.6. The molecule has 2 aromatic carbocycles. The number of benzene rings is 2. The summed E-state index contributed by atoms with van der Waals surface area (Å²) in [6.45, 7) is 1.30. The number of carbonyl (C=O) groups excluding carboxylic acids is 1. The summed E-state index contributed by atoms with van der Waals surface area (Å²) in [6, 6.07) is 12.3. The average molecular weight is 447 g/mol. The van der Waals surface area contributed by atoms with Gasteiger partial charge in [-0.15, -0.1) is 5.10 Å². The number of nitrogens with zero attached hydrogens (tertiary/aromatic N) is 3. The highest BCUT2D eigenvalue weighted by Gasteiger charge is 2.36. The number of hydrogen-bond donors (Lipinski definition) is 1. The maximum atomic E-state index is 12.6. The Morgan fingerprint density at radius 2 is 1.93 bits per heavy atom. The van der Waals surface area contributed by atoms with Crippen molar-refractivity contribution in [3.8, 4) is 0 Å². The van der Waals surface area contributed by atoms with Crippen molar-refractivity contribution in [3.05, 3.63) is 68.4 Å². The third-order valence-electron chi connectivity index (χ3n) is 5.50. The van der Waals surface area contributed by atoms with Crippen LogP contribution in [0.25, 0.3) is 10.9 Å². The molecule has 3 aromatic rings. The fourth-order valence-electron chi connectivity index (χ4n) is 3.81. The van der Waals surface area contributed by atoms with E-state index in [1.807, 2.05) is 6.07 Å². The Kier molecular flexibility index (Phi) is 6.04. The zero-order valence-electron chi connectivity index (χ0n) is 16.1. The topological polar surface area (TPSA) is 86.1 Å². The van der Waals surface area contributed by atoms with Crippen LogP contribution in [-0.2, 0) is 21.5 Å². The highest BCUT2D eigenvalue weighted by molar-refractivity contribution is 6.35. The van der Waals surface area contributed by atoms with Gasteiger partial charge in [-0.3, -0.25) is 9.59 Å². The van der Waals surface area contributed by atoms with Crippen molar-refractivity contribution in [3.63, 3.8) is 0 Å². The molecule has 0 aliphatic carbocycles. The van der Waals surface area contributed by atoms with Crippen molar-refractivity contribution in [2.45, 2.75) is 24.8 Å². The predicted octanol–water partition coefficient (Wildman–Crippen LogP) is 2.96. The van der Waals surface area contributed by atoms with Gasteiger partial charge in [0.15, 0.2) is 0 Å². The third kappa shape index (κ3) is 4.19. The molecule has 1 amide bonds. The summed E-state index contributed by atoms with van der Waals surface area (Å²) in [4.78, 5) is 25.2. The molecule has 1 fully saturated rings. The van der Waals surface area contributed by atoms with Gasteiger partial charge in [-0.25, -0.2) is 4.68 Å². The summed E-state index contributed by atoms with van der Waals surface area (Å²) in [5.41, 5.74) is 0.713. The summed E-state index contributed by atoms with van der Waals surface area (Å²) in [7, 11) is 0. The molecule has 30 heavy (non-hydrogen) atoms. The third-order valence-corrected chi connectivity index (χ3v) is 6.05. The smallest absolute Gasteiger partial charge is 0.278 e. The van der Waals surface area contributed by atoms with E-state index in [2.05, 4.69) is 15.6 Å². The van der Waals surface area contributed by atoms with Gasteiger partial charge in [0.25, 0.3) is 5.56 Å². The number of carbonyl (C=O) groups is 1. The SMILES string of the molecule is O=C(Cn1nnc2ccccc2c1=O)NCC1(c2ccc(Cl)cc2Cl)CCOCC1. The average Bonchev–Trinajstić information content (AvgIpc) is 2.75. The van der Waals surface area contributed by atoms with Gasteiger partial charge in [-0.2, -0.15) is 0 Å². The molecule has 0 radical (unpaired) electrons. The zero-order chi connectivity index (χ0) is 21.1. The van der Waals surface area contributed by atoms with Crippen LogP contribution in [0.3, 0.4) is 0 Å². The van der Waals surface area contributed by atoms with E-state index in [0.29, 0.717) is 53.5 Å². The second-order valence-corrected chi connectivity index (χ2v) is 8.21. The second-order valence-electron chi connectivity index (χ2n) is 7.36. The van der Waals surface area contributed by atoms with Crippen LogP contribution in [0.4, 0.5) is 0 Å². The van der Waals surface area contributed by atoms with E-state index >= 15 is 0 Å². The molecule has 156 valence electrons. The molecule has 0 bridgehead atoms. The van der Waals surface area contributed by atoms with Crippen LogP contribution in [0.5, 0.6) is 0 Å². The number of amides is 1. The summed E-state index contributed by atoms with van der Waals surface area (Å²) in [6.07, 6.45) is 1.43. The first-order valence-electron chi connectivity index (χ1n) is 9.61. The lowest BCUT2D eigenvalue weighted by Crippen LogP contribution is -2.46. The van der Waals surface area contributed by atoms with Crippen molar-refractivity contribution in [2.24, 2.45) is 0 Å². The molecule has 1 aliphatic rings. The monoisotopic (exact) mass is 446 g/mol. The second kappa shape index (κ2) is 8.71. The Balaban J connectivity index is 1.52. The van der Waals surface area contributed by atoms with Gasteiger partial charge in [0, 0.05) is 35.2 Å². The molecule has 4 rings (SSSR count). The van der Waals surface area contributed by atoms with Gasteiger partial charge in [0.05, 0.1) is 5.39 Å². The van der Waals surface area contributed by atoms with Crippen molar-refractivity contribution < 1.29 is 9.53 Å². The highest BCUT2D eigenvalue weighted by Crippen LogP contribution is 2.39. The van der Waals surface area contributed by atoms with Gasteiger partial charge in [0.2, 0.25) is 5.91 Å². The standard InChI is InChI=1S/C21H20Cl2N4O3/c22-14-5-6-16(17(23)11-14)21(7-9-30-10-8-21)13-24-19(28)12-27-20(29)15-3-1-2-4-18(15)25-26-27/h1-6,11H,7-10,12-13H2,(H,24,28). The number of rotatable bonds is 5. The molecule has 1 N–H and O–H groups in total. The molecule has 0 spiro atoms. The molecular weight excluding hydrogens is 427 g/mol. The van der Waals surface area contributed by atoms with Crippen LogP contribution in [0, 0.1) is 0 Å². The van der Waals surface area contributed by atoms with E-state index < -0.39 is 0 Å². The van der Waals surface area contributed by atoms with Gasteiger partial charge in [-0.05, 0) is 42.7 Å². The van der Waals surface area contributed by atoms with Gasteiger partial charge in [0.1, 0.15) is 12.1 Å². The number of hydrogen-bond acceptors (Lipinski definition) is 5. The summed E-state index contributed by atoms with van der Waals surface area (Å²) < 4.78 is 6.60. The Morgan fingerprint density at radius 3 is 2.70 bits per heavy atom. The van der Waals surface area contributed by atoms with Gasteiger partial charge < -0.3 is 10.1 Å². The molecule has 1 aliphatic heterocycles. The maximum Gasteiger partial charge on any atom is 0.278 e. The molecule has 1 aromatic heterocycles. The summed E-state index contributed by atoms with van der Waals surface area (Å²) >= 11 is 12.5. The van der Waals surface area contributed by atoms with Crippen LogP contribution < -0.4 is 10.9 Å². The molecule has 7 nitrogen and oxygen atoms in total. The number of halogens is 2. The first-order valence-corrected chi connectivity index (χ1v) is 10.4. The predicted molar refractivity (Wildman–Crippen MR) is 115 cm³/mol. The van der Waals surface area contributed by atoms with Crippen LogP contribution in [0.1, 0.15) is 18.4 Å². The van der Waals surface area contributed by atoms with Crippen LogP contribution >= 0.6 is 23.2 Å². The lowest BCUT2D eigenvalue weighted by atomic mass is 9.74. The minimum absolute atomic E-state index is 0.211. The Bertz CT molecular complexity index is 1140. The highest BCUT2D eigenvalue weighted by atomic mass is 35.5. The minimum Gasteiger partial charge on any atom is -0.381 e. The summed E-state index contributed by atoms with van der Waals surface area (Å²) in [5.74, 6) is -0.322. The molecule has 2 heterocycles. The van der Waals surface area contributed by atoms with Crippen LogP contribution in [0.2, 0.25) is 10.0 Å². The molecule has 0 unspecified atom stereocenters. The van der Waals surface area contributed by atoms with Gasteiger partial charge >= 0.3 is 0 Å². The largest absolute Gasteiger partial charge is 0.381 e. The van der Waals surface area contributed by atoms with Crippen molar-refractivity contribution in [1.29, 1.82) is 0 Å². The van der Waals surface area contributed by atoms with Gasteiger partial charge in [-0.1, -0.05) is 46.6 Å². The Labute approximate surface area is 182 Å². The zero-order valence-corrected chi connectivity index (χ0v) is 17.6. The molecular formula is C21H20Cl2N4O3. The Hall–Kier alpha value is -2.48. The fraction of sp³-hybridized carbons (Fsp3) is 0.333. The van der Waals surface area contributed by atoms with Crippen molar-refractivity contribution in [2.75, 3.05) is 19.8 Å². The van der Waals surface area contributed by atoms with E-state index in [4.69, 9.17) is 27.9 Å². The van der Waals surface area contributed by atoms with Crippen molar-refractivity contribution in [1.82, 2.24) is 20.3 Å². The normalized spacial score (nSPS) is 15.8. The van der Waals surface area contributed by atoms with Crippen LogP contribution in [-0.4, -0.2) is 40.7 Å². The quantitative estimate of drug-likeness (QED) is 0.650. The van der Waals surface area contributed by atoms with E-state index in [9.17, 15) is 9.59 Å². The minimum atomic E-state index is -0.365. The van der Waals surface area contributed by atoms with E-state index in [1.54, 1.807) is 36.4 Å². The van der Waals surface area contributed by atoms with Crippen molar-refractivity contribution >= 4 is 40.0 Å². The van der Waals surface area contributed by atoms with E-state index in [1.165, 1.54) is 0 Å². The number of ether oxygens (including phenoxy) is 1. The first-order chi connectivity index (χ1) is 14.5. The van der Waals surface area contributed by atoms with E-state index in [-0.39, 0.29) is 23.4 Å². The molecule has 0 atom stereocenters. The lowest BCUT2D eigenvalue weighted by molar-refractivity contribution is -0.122. The number of nitrogens with one attached hydrogen (secondary N) is 1. The van der Waals surface area contributed by atoms with E-state index in [0.717, 1.165) is 10.2 Å². The summed E-state index contributed by atoms with van der Waals surface area (Å²) in [5, 5.41) is 12.4. The fourth-order valence-corrected chi connectivity index (χ4v) is 4.42. The number of aromatic nitrogens is 3. The van der Waals surface area contributed by atoms with Crippen LogP contribution in [0.15, 0.2) is 47.3 Å². The Morgan fingerprint density at radius 1 is 1.17 bits per heavy atom. The first kappa shape index (κ1) is 20.8. The lowest BCUT2D eigenvalue weighted by Gasteiger charge is -2.38. The molecule has 0 saturated carbocycles. The number of fused-ring (bicyclic) bond motifs is 1.